The van der Waals surface area contributed by atoms with Crippen LogP contribution in [-0.4, -0.2) is 49.0 Å². The van der Waals surface area contributed by atoms with Gasteiger partial charge in [0.05, 0.1) is 7.11 Å². The smallest absolute Gasteiger partial charge is 0.289 e. The third kappa shape index (κ3) is 3.70. The minimum Gasteiger partial charge on any atom is -0.497 e. The molecule has 3 heterocycles. The molecule has 0 aliphatic carbocycles. The second-order valence-corrected chi connectivity index (χ2v) is 8.79. The maximum atomic E-state index is 13.1. The fraction of sp³-hybridized carbons (Fsp3) is 0.400. The zero-order valence-corrected chi connectivity index (χ0v) is 17.5. The number of nitrogens with zero attached hydrogens (tertiary/aromatic N) is 2. The lowest BCUT2D eigenvalue weighted by molar-refractivity contribution is 0.0653. The van der Waals surface area contributed by atoms with E-state index < -0.39 is 0 Å². The summed E-state index contributed by atoms with van der Waals surface area (Å²) in [6, 6.07) is 18.0. The van der Waals surface area contributed by atoms with Crippen molar-refractivity contribution in [1.29, 1.82) is 0 Å². The molecule has 2 aliphatic rings. The molecule has 0 N–H and O–H groups in total. The fourth-order valence-electron chi connectivity index (χ4n) is 5.16. The van der Waals surface area contributed by atoms with E-state index in [1.165, 1.54) is 18.4 Å². The first-order valence-corrected chi connectivity index (χ1v) is 10.8. The van der Waals surface area contributed by atoms with Crippen molar-refractivity contribution in [1.82, 2.24) is 9.80 Å². The van der Waals surface area contributed by atoms with E-state index in [-0.39, 0.29) is 11.3 Å². The number of amides is 1. The van der Waals surface area contributed by atoms with Gasteiger partial charge in [-0.3, -0.25) is 9.69 Å². The third-order valence-corrected chi connectivity index (χ3v) is 6.64. The molecule has 0 saturated carbocycles. The summed E-state index contributed by atoms with van der Waals surface area (Å²) in [6.07, 6.45) is 3.43. The van der Waals surface area contributed by atoms with Crippen molar-refractivity contribution >= 4 is 16.9 Å². The number of methoxy groups -OCH3 is 1. The average molecular weight is 405 g/mol. The van der Waals surface area contributed by atoms with Crippen molar-refractivity contribution in [3.8, 4) is 5.75 Å². The summed E-state index contributed by atoms with van der Waals surface area (Å²) in [5.74, 6) is 1.38. The van der Waals surface area contributed by atoms with Crippen LogP contribution in [0.2, 0.25) is 0 Å². The summed E-state index contributed by atoms with van der Waals surface area (Å²) in [6.45, 7) is 4.70. The molecule has 1 aromatic heterocycles. The molecule has 5 nitrogen and oxygen atoms in total. The molecule has 2 aliphatic heterocycles. The van der Waals surface area contributed by atoms with Crippen LogP contribution in [0.3, 0.4) is 0 Å². The van der Waals surface area contributed by atoms with Gasteiger partial charge in [-0.05, 0) is 55.6 Å². The zero-order valence-electron chi connectivity index (χ0n) is 17.5. The number of furan rings is 1. The van der Waals surface area contributed by atoms with Gasteiger partial charge in [0.25, 0.3) is 5.91 Å². The third-order valence-electron chi connectivity index (χ3n) is 6.64. The maximum absolute atomic E-state index is 13.1. The quantitative estimate of drug-likeness (QED) is 0.639. The van der Waals surface area contributed by atoms with Gasteiger partial charge in [0.2, 0.25) is 0 Å². The number of fused-ring (bicyclic) bond motifs is 1. The molecular formula is C25H28N2O3. The standard InChI is InChI=1S/C25H28N2O3/c1-29-21-8-4-6-19(14-21)16-26-12-5-10-25(17-26)11-13-27(18-25)24(28)23-15-20-7-2-3-9-22(20)30-23/h2-4,6-9,14-15H,5,10-13,16-18H2,1H3/t25-/m1/s1. The van der Waals surface area contributed by atoms with Crippen LogP contribution in [-0.2, 0) is 6.54 Å². The summed E-state index contributed by atoms with van der Waals surface area (Å²) < 4.78 is 11.2. The zero-order chi connectivity index (χ0) is 20.6. The van der Waals surface area contributed by atoms with E-state index in [0.717, 1.165) is 55.9 Å². The molecule has 156 valence electrons. The molecule has 0 bridgehead atoms. The summed E-state index contributed by atoms with van der Waals surface area (Å²) in [4.78, 5) is 17.6. The van der Waals surface area contributed by atoms with Gasteiger partial charge in [0.1, 0.15) is 11.3 Å². The number of likely N-dealkylation sites (tertiary alicyclic amines) is 2. The van der Waals surface area contributed by atoms with Crippen LogP contribution in [0, 0.1) is 5.41 Å². The van der Waals surface area contributed by atoms with Crippen LogP contribution in [0.5, 0.6) is 5.75 Å². The molecule has 5 rings (SSSR count). The highest BCUT2D eigenvalue weighted by Gasteiger charge is 2.43. The van der Waals surface area contributed by atoms with E-state index >= 15 is 0 Å². The Labute approximate surface area is 177 Å². The number of benzene rings is 2. The first-order valence-electron chi connectivity index (χ1n) is 10.8. The molecule has 1 atom stereocenters. The SMILES string of the molecule is COc1cccc(CN2CCC[C@@]3(CCN(C(=O)c4cc5ccccc5o4)C3)C2)c1. The Balaban J connectivity index is 1.27. The van der Waals surface area contributed by atoms with Gasteiger partial charge in [-0.1, -0.05) is 30.3 Å². The monoisotopic (exact) mass is 404 g/mol. The van der Waals surface area contributed by atoms with Crippen LogP contribution in [0.25, 0.3) is 11.0 Å². The molecular weight excluding hydrogens is 376 g/mol. The molecule has 1 spiro atoms. The Morgan fingerprint density at radius 3 is 2.83 bits per heavy atom. The van der Waals surface area contributed by atoms with Crippen LogP contribution in [0.4, 0.5) is 0 Å². The highest BCUT2D eigenvalue weighted by Crippen LogP contribution is 2.40. The molecule has 3 aromatic rings. The molecule has 0 unspecified atom stereocenters. The van der Waals surface area contributed by atoms with Crippen LogP contribution in [0.15, 0.2) is 59.0 Å². The van der Waals surface area contributed by atoms with Crippen LogP contribution >= 0.6 is 0 Å². The molecule has 1 amide bonds. The van der Waals surface area contributed by atoms with E-state index in [1.54, 1.807) is 7.11 Å². The molecule has 2 saturated heterocycles. The first kappa shape index (κ1) is 19.2. The number of carbonyl (C=O) groups excluding carboxylic acids is 1. The minimum absolute atomic E-state index is 0.0213. The second kappa shape index (κ2) is 7.80. The van der Waals surface area contributed by atoms with Crippen molar-refractivity contribution in [2.45, 2.75) is 25.8 Å². The summed E-state index contributed by atoms with van der Waals surface area (Å²) in [7, 11) is 1.71. The minimum atomic E-state index is 0.0213. The summed E-state index contributed by atoms with van der Waals surface area (Å²) in [5.41, 5.74) is 2.25. The number of ether oxygens (including phenoxy) is 1. The maximum Gasteiger partial charge on any atom is 0.289 e. The Morgan fingerprint density at radius 1 is 1.07 bits per heavy atom. The summed E-state index contributed by atoms with van der Waals surface area (Å²) >= 11 is 0. The number of para-hydroxylation sites is 1. The van der Waals surface area contributed by atoms with E-state index in [4.69, 9.17) is 9.15 Å². The number of piperidine rings is 1. The highest BCUT2D eigenvalue weighted by molar-refractivity contribution is 5.96. The lowest BCUT2D eigenvalue weighted by atomic mass is 9.79. The van der Waals surface area contributed by atoms with Gasteiger partial charge in [-0.2, -0.15) is 0 Å². The Morgan fingerprint density at radius 2 is 1.97 bits per heavy atom. The van der Waals surface area contributed by atoms with Gasteiger partial charge < -0.3 is 14.1 Å². The fourth-order valence-corrected chi connectivity index (χ4v) is 5.16. The first-order chi connectivity index (χ1) is 14.6. The second-order valence-electron chi connectivity index (χ2n) is 8.79. The van der Waals surface area contributed by atoms with Gasteiger partial charge in [0.15, 0.2) is 5.76 Å². The van der Waals surface area contributed by atoms with Crippen molar-refractivity contribution in [2.75, 3.05) is 33.3 Å². The molecule has 5 heteroatoms. The van der Waals surface area contributed by atoms with E-state index in [1.807, 2.05) is 41.3 Å². The predicted molar refractivity (Wildman–Crippen MR) is 117 cm³/mol. The number of carbonyl (C=O) groups is 1. The Hall–Kier alpha value is -2.79. The predicted octanol–water partition coefficient (Wildman–Crippen LogP) is 4.57. The lowest BCUT2D eigenvalue weighted by Crippen LogP contribution is -2.45. The van der Waals surface area contributed by atoms with Crippen LogP contribution < -0.4 is 4.74 Å². The van der Waals surface area contributed by atoms with Crippen molar-refractivity contribution in [2.24, 2.45) is 5.41 Å². The van der Waals surface area contributed by atoms with Gasteiger partial charge in [-0.25, -0.2) is 0 Å². The van der Waals surface area contributed by atoms with Crippen molar-refractivity contribution < 1.29 is 13.9 Å². The average Bonchev–Trinajstić information content (AvgIpc) is 3.38. The molecule has 2 fully saturated rings. The van der Waals surface area contributed by atoms with Gasteiger partial charge in [0, 0.05) is 37.0 Å². The Bertz CT molecular complexity index is 1030. The number of hydrogen-bond acceptors (Lipinski definition) is 4. The Kier molecular flexibility index (Phi) is 4.99. The van der Waals surface area contributed by atoms with Gasteiger partial charge in [-0.15, -0.1) is 0 Å². The van der Waals surface area contributed by atoms with Crippen molar-refractivity contribution in [3.05, 3.63) is 65.9 Å². The molecule has 30 heavy (non-hydrogen) atoms. The summed E-state index contributed by atoms with van der Waals surface area (Å²) in [5, 5.41) is 0.983. The number of hydrogen-bond donors (Lipinski definition) is 0. The molecule has 0 radical (unpaired) electrons. The van der Waals surface area contributed by atoms with E-state index in [9.17, 15) is 4.79 Å². The largest absolute Gasteiger partial charge is 0.497 e. The van der Waals surface area contributed by atoms with Crippen LogP contribution in [0.1, 0.15) is 35.4 Å². The van der Waals surface area contributed by atoms with E-state index in [2.05, 4.69) is 23.1 Å². The normalized spacial score (nSPS) is 22.1. The van der Waals surface area contributed by atoms with Crippen molar-refractivity contribution in [3.63, 3.8) is 0 Å². The van der Waals surface area contributed by atoms with Gasteiger partial charge >= 0.3 is 0 Å². The lowest BCUT2D eigenvalue weighted by Gasteiger charge is -2.40. The number of rotatable bonds is 4. The molecule has 2 aromatic carbocycles. The van der Waals surface area contributed by atoms with E-state index in [0.29, 0.717) is 5.76 Å². The topological polar surface area (TPSA) is 45.9 Å². The highest BCUT2D eigenvalue weighted by atomic mass is 16.5.